The zero-order valence-electron chi connectivity index (χ0n) is 8.20. The molecule has 0 aromatic carbocycles. The van der Waals surface area contributed by atoms with Crippen molar-refractivity contribution >= 4 is 6.01 Å². The molecule has 3 N–H and O–H groups in total. The number of rotatable bonds is 5. The van der Waals surface area contributed by atoms with E-state index in [4.69, 9.17) is 10.2 Å². The molecule has 1 aromatic rings. The van der Waals surface area contributed by atoms with E-state index in [1.54, 1.807) is 0 Å². The second kappa shape index (κ2) is 4.41. The molecule has 0 bridgehead atoms. The lowest BCUT2D eigenvalue weighted by Crippen LogP contribution is -2.15. The highest BCUT2D eigenvalue weighted by atomic mass is 16.4. The Labute approximate surface area is 83.1 Å². The zero-order valence-corrected chi connectivity index (χ0v) is 8.20. The van der Waals surface area contributed by atoms with Crippen molar-refractivity contribution in [2.24, 2.45) is 11.7 Å². The fourth-order valence-electron chi connectivity index (χ4n) is 1.57. The molecule has 0 amide bonds. The van der Waals surface area contributed by atoms with Crippen LogP contribution in [0.25, 0.3) is 0 Å². The van der Waals surface area contributed by atoms with Crippen LogP contribution in [0.1, 0.15) is 31.6 Å². The summed E-state index contributed by atoms with van der Waals surface area (Å²) in [6.45, 7) is 1.22. The molecule has 78 valence electrons. The summed E-state index contributed by atoms with van der Waals surface area (Å²) in [5.74, 6) is 1.38. The maximum atomic E-state index is 5.35. The molecule has 14 heavy (non-hydrogen) atoms. The van der Waals surface area contributed by atoms with Crippen molar-refractivity contribution in [1.29, 1.82) is 0 Å². The average Bonchev–Trinajstić information content (AvgIpc) is 2.57. The summed E-state index contributed by atoms with van der Waals surface area (Å²) in [5, 5.41) is 10.7. The van der Waals surface area contributed by atoms with Crippen LogP contribution in [0.4, 0.5) is 6.01 Å². The molecule has 0 unspecified atom stereocenters. The molecule has 2 rings (SSSR count). The highest BCUT2D eigenvalue weighted by molar-refractivity contribution is 5.16. The largest absolute Gasteiger partial charge is 0.407 e. The van der Waals surface area contributed by atoms with Crippen molar-refractivity contribution in [2.75, 3.05) is 11.9 Å². The maximum Gasteiger partial charge on any atom is 0.315 e. The third kappa shape index (κ3) is 2.23. The van der Waals surface area contributed by atoms with E-state index in [1.807, 2.05) is 0 Å². The Morgan fingerprint density at radius 1 is 1.43 bits per heavy atom. The number of nitrogens with one attached hydrogen (secondary N) is 1. The SMILES string of the molecule is NCc1nnc(NCCC2CCC2)o1. The van der Waals surface area contributed by atoms with Crippen LogP contribution in [0.3, 0.4) is 0 Å². The summed E-state index contributed by atoms with van der Waals surface area (Å²) in [7, 11) is 0. The predicted molar refractivity (Wildman–Crippen MR) is 52.6 cm³/mol. The van der Waals surface area contributed by atoms with Gasteiger partial charge in [-0.25, -0.2) is 0 Å². The normalized spacial score (nSPS) is 16.6. The predicted octanol–water partition coefficient (Wildman–Crippen LogP) is 1.13. The van der Waals surface area contributed by atoms with Gasteiger partial charge in [0, 0.05) is 6.54 Å². The standard InChI is InChI=1S/C9H16N4O/c10-6-8-12-13-9(14-8)11-5-4-7-2-1-3-7/h7H,1-6,10H2,(H,11,13). The van der Waals surface area contributed by atoms with Gasteiger partial charge in [-0.1, -0.05) is 24.4 Å². The van der Waals surface area contributed by atoms with Crippen LogP contribution in [-0.4, -0.2) is 16.7 Å². The van der Waals surface area contributed by atoms with E-state index in [1.165, 1.54) is 25.7 Å². The van der Waals surface area contributed by atoms with E-state index in [-0.39, 0.29) is 0 Å². The van der Waals surface area contributed by atoms with E-state index < -0.39 is 0 Å². The molecule has 0 atom stereocenters. The van der Waals surface area contributed by atoms with E-state index in [2.05, 4.69) is 15.5 Å². The van der Waals surface area contributed by atoms with Crippen molar-refractivity contribution in [3.63, 3.8) is 0 Å². The molecule has 1 fully saturated rings. The molecule has 0 aliphatic heterocycles. The first kappa shape index (κ1) is 9.45. The van der Waals surface area contributed by atoms with E-state index >= 15 is 0 Å². The van der Waals surface area contributed by atoms with Gasteiger partial charge in [0.25, 0.3) is 0 Å². The van der Waals surface area contributed by atoms with Gasteiger partial charge in [-0.2, -0.15) is 0 Å². The van der Waals surface area contributed by atoms with Crippen molar-refractivity contribution in [3.05, 3.63) is 5.89 Å². The number of nitrogens with zero attached hydrogens (tertiary/aromatic N) is 2. The molecule has 1 aliphatic rings. The van der Waals surface area contributed by atoms with Gasteiger partial charge in [0.05, 0.1) is 6.54 Å². The number of aromatic nitrogens is 2. The summed E-state index contributed by atoms with van der Waals surface area (Å²) in [6.07, 6.45) is 5.34. The van der Waals surface area contributed by atoms with Crippen LogP contribution in [0, 0.1) is 5.92 Å². The third-order valence-electron chi connectivity index (χ3n) is 2.70. The van der Waals surface area contributed by atoms with Gasteiger partial charge in [-0.3, -0.25) is 0 Å². The van der Waals surface area contributed by atoms with E-state index in [0.29, 0.717) is 18.5 Å². The van der Waals surface area contributed by atoms with Crippen LogP contribution < -0.4 is 11.1 Å². The van der Waals surface area contributed by atoms with Gasteiger partial charge in [0.1, 0.15) is 0 Å². The number of hydrogen-bond acceptors (Lipinski definition) is 5. The highest BCUT2D eigenvalue weighted by Crippen LogP contribution is 2.29. The Morgan fingerprint density at radius 3 is 2.86 bits per heavy atom. The minimum Gasteiger partial charge on any atom is -0.407 e. The molecule has 0 saturated heterocycles. The lowest BCUT2D eigenvalue weighted by Gasteiger charge is -2.24. The summed E-state index contributed by atoms with van der Waals surface area (Å²) in [5.41, 5.74) is 5.35. The fourth-order valence-corrected chi connectivity index (χ4v) is 1.57. The van der Waals surface area contributed by atoms with Crippen molar-refractivity contribution in [2.45, 2.75) is 32.2 Å². The van der Waals surface area contributed by atoms with Gasteiger partial charge in [-0.05, 0) is 12.3 Å². The first-order chi connectivity index (χ1) is 6.88. The number of nitrogens with two attached hydrogens (primary N) is 1. The van der Waals surface area contributed by atoms with Gasteiger partial charge < -0.3 is 15.5 Å². The topological polar surface area (TPSA) is 77.0 Å². The molecular weight excluding hydrogens is 180 g/mol. The monoisotopic (exact) mass is 196 g/mol. The molecule has 1 aromatic heterocycles. The molecule has 5 heteroatoms. The molecule has 0 radical (unpaired) electrons. The van der Waals surface area contributed by atoms with Gasteiger partial charge in [-0.15, -0.1) is 5.10 Å². The molecule has 1 aliphatic carbocycles. The van der Waals surface area contributed by atoms with Crippen LogP contribution in [0.15, 0.2) is 4.42 Å². The molecular formula is C9H16N4O. The first-order valence-electron chi connectivity index (χ1n) is 5.15. The molecule has 1 saturated carbocycles. The van der Waals surface area contributed by atoms with Crippen LogP contribution >= 0.6 is 0 Å². The summed E-state index contributed by atoms with van der Waals surface area (Å²) in [4.78, 5) is 0. The quantitative estimate of drug-likeness (QED) is 0.738. The molecule has 1 heterocycles. The van der Waals surface area contributed by atoms with Crippen molar-refractivity contribution in [1.82, 2.24) is 10.2 Å². The smallest absolute Gasteiger partial charge is 0.315 e. The second-order valence-electron chi connectivity index (χ2n) is 3.72. The summed E-state index contributed by atoms with van der Waals surface area (Å²) in [6, 6.07) is 0.491. The Hall–Kier alpha value is -1.10. The minimum atomic E-state index is 0.303. The van der Waals surface area contributed by atoms with Crippen molar-refractivity contribution in [3.8, 4) is 0 Å². The van der Waals surface area contributed by atoms with Crippen LogP contribution in [0.2, 0.25) is 0 Å². The lowest BCUT2D eigenvalue weighted by atomic mass is 9.83. The minimum absolute atomic E-state index is 0.303. The number of hydrogen-bond donors (Lipinski definition) is 2. The Morgan fingerprint density at radius 2 is 2.29 bits per heavy atom. The Kier molecular flexibility index (Phi) is 2.98. The Bertz CT molecular complexity index is 282. The van der Waals surface area contributed by atoms with Crippen LogP contribution in [-0.2, 0) is 6.54 Å². The second-order valence-corrected chi connectivity index (χ2v) is 3.72. The van der Waals surface area contributed by atoms with Gasteiger partial charge in [0.15, 0.2) is 0 Å². The van der Waals surface area contributed by atoms with E-state index in [9.17, 15) is 0 Å². The average molecular weight is 196 g/mol. The fraction of sp³-hybridized carbons (Fsp3) is 0.778. The zero-order chi connectivity index (χ0) is 9.80. The molecule has 0 spiro atoms. The summed E-state index contributed by atoms with van der Waals surface area (Å²) < 4.78 is 5.21. The van der Waals surface area contributed by atoms with Crippen molar-refractivity contribution < 1.29 is 4.42 Å². The molecule has 5 nitrogen and oxygen atoms in total. The van der Waals surface area contributed by atoms with Gasteiger partial charge in [0.2, 0.25) is 5.89 Å². The number of anilines is 1. The lowest BCUT2D eigenvalue weighted by molar-refractivity contribution is 0.302. The maximum absolute atomic E-state index is 5.35. The van der Waals surface area contributed by atoms with Crippen LogP contribution in [0.5, 0.6) is 0 Å². The van der Waals surface area contributed by atoms with E-state index in [0.717, 1.165) is 12.5 Å². The Balaban J connectivity index is 1.68. The first-order valence-corrected chi connectivity index (χ1v) is 5.15. The van der Waals surface area contributed by atoms with Gasteiger partial charge >= 0.3 is 6.01 Å². The highest BCUT2D eigenvalue weighted by Gasteiger charge is 2.16. The third-order valence-corrected chi connectivity index (χ3v) is 2.70. The summed E-state index contributed by atoms with van der Waals surface area (Å²) >= 11 is 0.